The SMILES string of the molecule is O=[SH](=O)c1cc2c3c(cc(S(=O)(=O)O)cc3c1)Oc1c(F)c(-c3c(F)c(F)c4c(c3F)Oc3cc(S(=O)(=O)O)cc5cc(S(=O)(=O)O)cc(c35)O4)c(F)c(F)c1O2. The first-order valence-electron chi connectivity index (χ1n) is 14.9. The Balaban J connectivity index is 1.39. The molecule has 0 aromatic heterocycles. The van der Waals surface area contributed by atoms with Gasteiger partial charge in [-0.3, -0.25) is 13.7 Å². The Morgan fingerprint density at radius 1 is 0.421 bits per heavy atom. The van der Waals surface area contributed by atoms with Crippen molar-refractivity contribution in [3.8, 4) is 57.1 Å². The van der Waals surface area contributed by atoms with E-state index in [9.17, 15) is 47.3 Å². The van der Waals surface area contributed by atoms with Gasteiger partial charge in [0.1, 0.15) is 23.0 Å². The first kappa shape index (κ1) is 38.2. The number of benzene rings is 6. The molecule has 15 nitrogen and oxygen atoms in total. The molecule has 0 aliphatic carbocycles. The fourth-order valence-electron chi connectivity index (χ4n) is 6.14. The average Bonchev–Trinajstić information content (AvgIpc) is 3.39. The van der Waals surface area contributed by atoms with Crippen molar-refractivity contribution in [1.82, 2.24) is 0 Å². The van der Waals surface area contributed by atoms with Crippen molar-refractivity contribution in [2.45, 2.75) is 19.6 Å². The lowest BCUT2D eigenvalue weighted by atomic mass is 10.00. The average molecular weight is 879 g/mol. The number of halogens is 6. The minimum atomic E-state index is -5.21. The highest BCUT2D eigenvalue weighted by Crippen LogP contribution is 2.55. The summed E-state index contributed by atoms with van der Waals surface area (Å²) in [6.07, 6.45) is 0. The summed E-state index contributed by atoms with van der Waals surface area (Å²) >= 11 is 0. The van der Waals surface area contributed by atoms with E-state index in [4.69, 9.17) is 18.9 Å². The van der Waals surface area contributed by atoms with E-state index in [1.165, 1.54) is 0 Å². The van der Waals surface area contributed by atoms with E-state index in [0.29, 0.717) is 36.4 Å². The standard InChI is InChI=1S/C32H12F6O15S4/c33-23-21(25(35)29-31(27(23)37)50-15-5-11(54(39)40)1-9-2-12(55(41,42)43)6-16(51-29)19(9)15)22-24(34)28(38)32-30(26(22)36)52-17-7-13(56(44,45)46)3-10-4-14(57(47,48)49)8-18(53-32)20(10)17/h1-8,54H,(H,41,42,43)(H,44,45,46)(H,47,48,49). The zero-order valence-electron chi connectivity index (χ0n) is 26.8. The zero-order valence-corrected chi connectivity index (χ0v) is 30.1. The fourth-order valence-corrected chi connectivity index (χ4v) is 8.20. The lowest BCUT2D eigenvalue weighted by Gasteiger charge is -2.18. The van der Waals surface area contributed by atoms with Crippen LogP contribution in [0.4, 0.5) is 26.3 Å². The van der Waals surface area contributed by atoms with E-state index in [0.717, 1.165) is 12.1 Å². The molecule has 8 rings (SSSR count). The Kier molecular flexibility index (Phi) is 8.31. The van der Waals surface area contributed by atoms with Gasteiger partial charge in [-0.15, -0.1) is 0 Å². The molecule has 0 unspecified atom stereocenters. The first-order chi connectivity index (χ1) is 26.4. The van der Waals surface area contributed by atoms with Crippen molar-refractivity contribution in [2.75, 3.05) is 0 Å². The van der Waals surface area contributed by atoms with Crippen LogP contribution in [0.3, 0.4) is 0 Å². The largest absolute Gasteiger partial charge is 0.449 e. The predicted molar refractivity (Wildman–Crippen MR) is 178 cm³/mol. The third-order valence-electron chi connectivity index (χ3n) is 8.53. The molecule has 25 heteroatoms. The van der Waals surface area contributed by atoms with Crippen LogP contribution < -0.4 is 18.9 Å². The smallest absolute Gasteiger partial charge is 0.294 e. The minimum Gasteiger partial charge on any atom is -0.449 e. The van der Waals surface area contributed by atoms with E-state index in [1.807, 2.05) is 0 Å². The molecule has 2 aliphatic heterocycles. The van der Waals surface area contributed by atoms with Crippen molar-refractivity contribution in [3.63, 3.8) is 0 Å². The molecule has 0 atom stereocenters. The van der Waals surface area contributed by atoms with Gasteiger partial charge < -0.3 is 18.9 Å². The minimum absolute atomic E-state index is 0.389. The van der Waals surface area contributed by atoms with Crippen LogP contribution in [0.2, 0.25) is 0 Å². The maximum Gasteiger partial charge on any atom is 0.294 e. The van der Waals surface area contributed by atoms with Gasteiger partial charge in [0.05, 0.1) is 41.5 Å². The normalized spacial score (nSPS) is 13.6. The molecule has 0 fully saturated rings. The van der Waals surface area contributed by atoms with E-state index >= 15 is 26.3 Å². The third kappa shape index (κ3) is 5.96. The number of hydrogen-bond donors (Lipinski definition) is 4. The Labute approximate surface area is 314 Å². The van der Waals surface area contributed by atoms with E-state index < -0.39 is 169 Å². The molecule has 3 N–H and O–H groups in total. The van der Waals surface area contributed by atoms with Crippen LogP contribution in [0.5, 0.6) is 46.0 Å². The maximum atomic E-state index is 16.6. The molecule has 0 spiro atoms. The highest BCUT2D eigenvalue weighted by molar-refractivity contribution is 7.86. The van der Waals surface area contributed by atoms with Gasteiger partial charge in [-0.1, -0.05) is 0 Å². The predicted octanol–water partition coefficient (Wildman–Crippen LogP) is 7.00. The molecule has 0 saturated heterocycles. The zero-order chi connectivity index (χ0) is 41.4. The monoisotopic (exact) mass is 878 g/mol. The molecule has 2 aliphatic rings. The summed E-state index contributed by atoms with van der Waals surface area (Å²) in [5.74, 6) is -23.8. The van der Waals surface area contributed by atoms with Gasteiger partial charge in [0.25, 0.3) is 30.4 Å². The second-order valence-electron chi connectivity index (χ2n) is 11.9. The molecule has 2 heterocycles. The molecular weight excluding hydrogens is 867 g/mol. The third-order valence-corrected chi connectivity index (χ3v) is 11.7. The van der Waals surface area contributed by atoms with Crippen molar-refractivity contribution >= 4 is 62.6 Å². The Morgan fingerprint density at radius 2 is 0.719 bits per heavy atom. The fraction of sp³-hybridized carbons (Fsp3) is 0. The highest BCUT2D eigenvalue weighted by atomic mass is 32.2. The van der Waals surface area contributed by atoms with Crippen LogP contribution in [0, 0.1) is 34.9 Å². The lowest BCUT2D eigenvalue weighted by molar-refractivity contribution is 0.366. The molecule has 0 amide bonds. The Hall–Kier alpha value is -5.70. The van der Waals surface area contributed by atoms with Crippen molar-refractivity contribution in [3.05, 3.63) is 83.4 Å². The maximum absolute atomic E-state index is 16.6. The van der Waals surface area contributed by atoms with Gasteiger partial charge in [0, 0.05) is 18.2 Å². The molecular formula is C32H12F6O15S4. The van der Waals surface area contributed by atoms with Crippen molar-refractivity contribution < 1.29 is 92.6 Å². The number of thiol groups is 1. The summed E-state index contributed by atoms with van der Waals surface area (Å²) in [6, 6.07) is 5.03. The van der Waals surface area contributed by atoms with Gasteiger partial charge in [-0.2, -0.15) is 34.0 Å². The first-order valence-corrected chi connectivity index (χ1v) is 20.4. The lowest BCUT2D eigenvalue weighted by Crippen LogP contribution is -2.07. The van der Waals surface area contributed by atoms with Crippen LogP contribution in [0.1, 0.15) is 0 Å². The summed E-state index contributed by atoms with van der Waals surface area (Å²) in [4.78, 5) is -3.73. The van der Waals surface area contributed by atoms with Gasteiger partial charge in [-0.25, -0.2) is 26.0 Å². The topological polar surface area (TPSA) is 234 Å². The van der Waals surface area contributed by atoms with Crippen LogP contribution in [0.25, 0.3) is 32.7 Å². The number of ether oxygens (including phenoxy) is 4. The quantitative estimate of drug-likeness (QED) is 0.0590. The molecule has 0 bridgehead atoms. The number of fused-ring (bicyclic) bond motifs is 2. The molecule has 6 aromatic carbocycles. The van der Waals surface area contributed by atoms with Gasteiger partial charge in [-0.05, 0) is 41.1 Å². The number of hydrogen-bond acceptors (Lipinski definition) is 12. The van der Waals surface area contributed by atoms with Crippen molar-refractivity contribution in [2.24, 2.45) is 0 Å². The second-order valence-corrected chi connectivity index (χ2v) is 17.2. The summed E-state index contributed by atoms with van der Waals surface area (Å²) in [5.41, 5.74) is -4.15. The van der Waals surface area contributed by atoms with Crippen LogP contribution in [-0.2, 0) is 41.1 Å². The molecule has 6 aromatic rings. The van der Waals surface area contributed by atoms with Crippen LogP contribution in [-0.4, -0.2) is 47.3 Å². The molecule has 57 heavy (non-hydrogen) atoms. The van der Waals surface area contributed by atoms with E-state index in [-0.39, 0.29) is 5.39 Å². The summed E-state index contributed by atoms with van der Waals surface area (Å²) in [5, 5.41) is -1.84. The Bertz CT molecular complexity index is 3320. The summed E-state index contributed by atoms with van der Waals surface area (Å²) < 4.78 is 243. The van der Waals surface area contributed by atoms with E-state index in [2.05, 4.69) is 0 Å². The van der Waals surface area contributed by atoms with E-state index in [1.54, 1.807) is 0 Å². The number of rotatable bonds is 5. The van der Waals surface area contributed by atoms with Crippen LogP contribution >= 0.6 is 0 Å². The molecule has 296 valence electrons. The molecule has 0 radical (unpaired) electrons. The summed E-state index contributed by atoms with van der Waals surface area (Å²) in [7, 11) is -19.0. The van der Waals surface area contributed by atoms with Gasteiger partial charge >= 0.3 is 0 Å². The second kappa shape index (κ2) is 12.4. The van der Waals surface area contributed by atoms with Crippen molar-refractivity contribution in [1.29, 1.82) is 0 Å². The van der Waals surface area contributed by atoms with Gasteiger partial charge in [0.15, 0.2) is 34.0 Å². The summed E-state index contributed by atoms with van der Waals surface area (Å²) in [6.45, 7) is 0. The molecule has 0 saturated carbocycles. The highest BCUT2D eigenvalue weighted by Gasteiger charge is 2.39. The Morgan fingerprint density at radius 3 is 1.04 bits per heavy atom. The van der Waals surface area contributed by atoms with Gasteiger partial charge in [0.2, 0.25) is 34.6 Å². The van der Waals surface area contributed by atoms with Crippen LogP contribution in [0.15, 0.2) is 68.1 Å².